The van der Waals surface area contributed by atoms with Gasteiger partial charge in [0, 0.05) is 55.6 Å². The van der Waals surface area contributed by atoms with Crippen LogP contribution in [-0.2, 0) is 0 Å². The number of nitrogens with zero attached hydrogens (tertiary/aromatic N) is 4. The van der Waals surface area contributed by atoms with E-state index in [0.29, 0.717) is 0 Å². The van der Waals surface area contributed by atoms with Gasteiger partial charge in [-0.25, -0.2) is 4.98 Å². The molecule has 0 amide bonds. The molecule has 1 aliphatic heterocycles. The zero-order chi connectivity index (χ0) is 17.9. The first-order valence-electron chi connectivity index (χ1n) is 8.99. The molecule has 26 heavy (non-hydrogen) atoms. The molecule has 1 fully saturated rings. The monoisotopic (exact) mass is 348 g/mol. The van der Waals surface area contributed by atoms with E-state index in [1.807, 2.05) is 31.5 Å². The highest BCUT2D eigenvalue weighted by Crippen LogP contribution is 2.23. The highest BCUT2D eigenvalue weighted by Gasteiger charge is 2.17. The number of methoxy groups -OCH3 is 1. The van der Waals surface area contributed by atoms with Gasteiger partial charge in [0.1, 0.15) is 11.6 Å². The first-order chi connectivity index (χ1) is 12.7. The normalized spacial score (nSPS) is 14.5. The third-order valence-electron chi connectivity index (χ3n) is 5.04. The molecular formula is C21H24N4O. The zero-order valence-electron chi connectivity index (χ0n) is 15.3. The van der Waals surface area contributed by atoms with Crippen LogP contribution in [0.25, 0.3) is 5.69 Å². The van der Waals surface area contributed by atoms with E-state index in [0.717, 1.165) is 43.4 Å². The molecule has 2 heterocycles. The molecule has 5 heteroatoms. The fraction of sp³-hybridized carbons (Fsp3) is 0.286. The number of aryl methyl sites for hydroxylation is 1. The molecule has 2 aromatic carbocycles. The van der Waals surface area contributed by atoms with Crippen molar-refractivity contribution in [1.82, 2.24) is 9.55 Å². The van der Waals surface area contributed by atoms with Crippen molar-refractivity contribution in [3.8, 4) is 11.4 Å². The highest BCUT2D eigenvalue weighted by atomic mass is 16.5. The number of aromatic nitrogens is 2. The minimum absolute atomic E-state index is 0.903. The molecule has 4 rings (SSSR count). The largest absolute Gasteiger partial charge is 0.497 e. The quantitative estimate of drug-likeness (QED) is 0.722. The number of piperazine rings is 1. The van der Waals surface area contributed by atoms with Gasteiger partial charge in [0.15, 0.2) is 0 Å². The van der Waals surface area contributed by atoms with Crippen molar-refractivity contribution in [3.05, 3.63) is 66.7 Å². The van der Waals surface area contributed by atoms with Crippen LogP contribution in [0, 0.1) is 6.92 Å². The lowest BCUT2D eigenvalue weighted by Gasteiger charge is -2.37. The second kappa shape index (κ2) is 7.12. The molecule has 0 unspecified atom stereocenters. The van der Waals surface area contributed by atoms with Gasteiger partial charge in [0.25, 0.3) is 0 Å². The number of benzene rings is 2. The number of rotatable bonds is 4. The molecule has 1 aliphatic rings. The van der Waals surface area contributed by atoms with Crippen LogP contribution in [0.3, 0.4) is 0 Å². The van der Waals surface area contributed by atoms with E-state index in [4.69, 9.17) is 4.74 Å². The summed E-state index contributed by atoms with van der Waals surface area (Å²) >= 11 is 0. The summed E-state index contributed by atoms with van der Waals surface area (Å²) in [6, 6.07) is 17.1. The van der Waals surface area contributed by atoms with Gasteiger partial charge >= 0.3 is 0 Å². The Balaban J connectivity index is 1.40. The van der Waals surface area contributed by atoms with Crippen molar-refractivity contribution in [2.45, 2.75) is 6.92 Å². The van der Waals surface area contributed by atoms with Crippen LogP contribution < -0.4 is 14.5 Å². The topological polar surface area (TPSA) is 33.5 Å². The minimum atomic E-state index is 0.903. The average molecular weight is 348 g/mol. The third kappa shape index (κ3) is 3.25. The van der Waals surface area contributed by atoms with E-state index in [2.05, 4.69) is 55.7 Å². The maximum absolute atomic E-state index is 5.24. The van der Waals surface area contributed by atoms with Crippen molar-refractivity contribution in [3.63, 3.8) is 0 Å². The van der Waals surface area contributed by atoms with Gasteiger partial charge in [-0.1, -0.05) is 0 Å². The van der Waals surface area contributed by atoms with E-state index in [1.54, 1.807) is 7.11 Å². The number of hydrogen-bond donors (Lipinski definition) is 0. The summed E-state index contributed by atoms with van der Waals surface area (Å²) in [4.78, 5) is 9.17. The number of anilines is 2. The molecule has 5 nitrogen and oxygen atoms in total. The van der Waals surface area contributed by atoms with E-state index in [1.165, 1.54) is 11.4 Å². The van der Waals surface area contributed by atoms with E-state index >= 15 is 0 Å². The molecule has 1 aromatic heterocycles. The minimum Gasteiger partial charge on any atom is -0.497 e. The van der Waals surface area contributed by atoms with Gasteiger partial charge < -0.3 is 19.1 Å². The Morgan fingerprint density at radius 3 is 1.73 bits per heavy atom. The van der Waals surface area contributed by atoms with Crippen LogP contribution in [0.5, 0.6) is 5.75 Å². The zero-order valence-corrected chi connectivity index (χ0v) is 15.3. The molecule has 134 valence electrons. The molecule has 3 aromatic rings. The highest BCUT2D eigenvalue weighted by molar-refractivity contribution is 5.54. The van der Waals surface area contributed by atoms with Crippen molar-refractivity contribution in [2.75, 3.05) is 43.1 Å². The Bertz CT molecular complexity index is 846. The standard InChI is InChI=1S/C21H24N4O/c1-17-22-11-12-25(17)20-5-3-18(4-6-20)23-13-15-24(16-14-23)19-7-9-21(26-2)10-8-19/h3-12H,13-16H2,1-2H3. The summed E-state index contributed by atoms with van der Waals surface area (Å²) in [5.41, 5.74) is 3.69. The molecule has 0 bridgehead atoms. The van der Waals surface area contributed by atoms with Crippen LogP contribution in [0.15, 0.2) is 60.9 Å². The Morgan fingerprint density at radius 2 is 1.27 bits per heavy atom. The van der Waals surface area contributed by atoms with Gasteiger partial charge in [0.05, 0.1) is 7.11 Å². The second-order valence-corrected chi connectivity index (χ2v) is 6.53. The smallest absolute Gasteiger partial charge is 0.119 e. The van der Waals surface area contributed by atoms with E-state index in [9.17, 15) is 0 Å². The lowest BCUT2D eigenvalue weighted by molar-refractivity contribution is 0.415. The van der Waals surface area contributed by atoms with Crippen molar-refractivity contribution in [2.24, 2.45) is 0 Å². The summed E-state index contributed by atoms with van der Waals surface area (Å²) in [5, 5.41) is 0. The summed E-state index contributed by atoms with van der Waals surface area (Å²) in [6.45, 7) is 6.11. The fourth-order valence-electron chi connectivity index (χ4n) is 3.49. The third-order valence-corrected chi connectivity index (χ3v) is 5.04. The Morgan fingerprint density at radius 1 is 0.769 bits per heavy atom. The van der Waals surface area contributed by atoms with Gasteiger partial charge in [-0.2, -0.15) is 0 Å². The maximum Gasteiger partial charge on any atom is 0.119 e. The van der Waals surface area contributed by atoms with Crippen LogP contribution >= 0.6 is 0 Å². The predicted octanol–water partition coefficient (Wildman–Crippen LogP) is 3.52. The molecule has 0 saturated carbocycles. The molecule has 0 atom stereocenters. The Kier molecular flexibility index (Phi) is 4.52. The number of imidazole rings is 1. The Labute approximate surface area is 154 Å². The van der Waals surface area contributed by atoms with Crippen LogP contribution in [0.4, 0.5) is 11.4 Å². The average Bonchev–Trinajstić information content (AvgIpc) is 3.14. The summed E-state index contributed by atoms with van der Waals surface area (Å²) in [7, 11) is 1.70. The summed E-state index contributed by atoms with van der Waals surface area (Å²) in [5.74, 6) is 1.91. The molecule has 0 radical (unpaired) electrons. The van der Waals surface area contributed by atoms with Crippen LogP contribution in [-0.4, -0.2) is 42.8 Å². The number of ether oxygens (including phenoxy) is 1. The number of hydrogen-bond acceptors (Lipinski definition) is 4. The van der Waals surface area contributed by atoms with Crippen molar-refractivity contribution < 1.29 is 4.74 Å². The van der Waals surface area contributed by atoms with E-state index < -0.39 is 0 Å². The molecule has 0 aliphatic carbocycles. The van der Waals surface area contributed by atoms with Gasteiger partial charge in [0.2, 0.25) is 0 Å². The van der Waals surface area contributed by atoms with Crippen LogP contribution in [0.2, 0.25) is 0 Å². The van der Waals surface area contributed by atoms with Gasteiger partial charge in [-0.05, 0) is 55.5 Å². The summed E-state index contributed by atoms with van der Waals surface area (Å²) in [6.07, 6.45) is 3.83. The first kappa shape index (κ1) is 16.5. The van der Waals surface area contributed by atoms with Crippen LogP contribution in [0.1, 0.15) is 5.82 Å². The van der Waals surface area contributed by atoms with Gasteiger partial charge in [-0.15, -0.1) is 0 Å². The maximum atomic E-state index is 5.24. The lowest BCUT2D eigenvalue weighted by atomic mass is 10.2. The summed E-state index contributed by atoms with van der Waals surface area (Å²) < 4.78 is 7.35. The SMILES string of the molecule is COc1ccc(N2CCN(c3ccc(-n4ccnc4C)cc3)CC2)cc1. The predicted molar refractivity (Wildman–Crippen MR) is 106 cm³/mol. The van der Waals surface area contributed by atoms with E-state index in [-0.39, 0.29) is 0 Å². The first-order valence-corrected chi connectivity index (χ1v) is 8.99. The molecule has 1 saturated heterocycles. The second-order valence-electron chi connectivity index (χ2n) is 6.53. The lowest BCUT2D eigenvalue weighted by Crippen LogP contribution is -2.46. The van der Waals surface area contributed by atoms with Crippen molar-refractivity contribution >= 4 is 11.4 Å². The van der Waals surface area contributed by atoms with Gasteiger partial charge in [-0.3, -0.25) is 0 Å². The molecule has 0 N–H and O–H groups in total. The Hall–Kier alpha value is -2.95. The fourth-order valence-corrected chi connectivity index (χ4v) is 3.49. The molecule has 0 spiro atoms. The van der Waals surface area contributed by atoms with Crippen molar-refractivity contribution in [1.29, 1.82) is 0 Å². The molecular weight excluding hydrogens is 324 g/mol.